The molecular formula is C26H40N4O4. The molecule has 0 radical (unpaired) electrons. The Hall–Kier alpha value is -2.42. The second-order valence-electron chi connectivity index (χ2n) is 8.78. The van der Waals surface area contributed by atoms with Crippen LogP contribution >= 0.6 is 0 Å². The van der Waals surface area contributed by atoms with Crippen LogP contribution in [-0.4, -0.2) is 61.6 Å². The molecule has 2 aromatic heterocycles. The maximum atomic E-state index is 9.18. The maximum absolute atomic E-state index is 9.18. The van der Waals surface area contributed by atoms with E-state index in [4.69, 9.17) is 18.9 Å². The lowest BCUT2D eigenvalue weighted by molar-refractivity contribution is 0.196. The number of nitrogens with zero attached hydrogens (tertiary/aromatic N) is 2. The van der Waals surface area contributed by atoms with Gasteiger partial charge < -0.3 is 24.3 Å². The van der Waals surface area contributed by atoms with Crippen molar-refractivity contribution in [2.24, 2.45) is 4.99 Å². The van der Waals surface area contributed by atoms with Crippen LogP contribution < -0.4 is 15.4 Å². The van der Waals surface area contributed by atoms with Gasteiger partial charge in [0.2, 0.25) is 5.88 Å². The molecule has 3 heterocycles. The number of unbranched alkanes of at least 4 members (excludes halogenated alkanes) is 1. The lowest BCUT2D eigenvalue weighted by Crippen LogP contribution is -2.41. The Bertz CT molecular complexity index is 998. The van der Waals surface area contributed by atoms with E-state index in [-0.39, 0.29) is 18.8 Å². The van der Waals surface area contributed by atoms with Crippen molar-refractivity contribution in [3.63, 3.8) is 0 Å². The Kier molecular flexibility index (Phi) is 9.92. The predicted octanol–water partition coefficient (Wildman–Crippen LogP) is 4.20. The van der Waals surface area contributed by atoms with Crippen LogP contribution in [0.1, 0.15) is 64.3 Å². The molecule has 34 heavy (non-hydrogen) atoms. The number of dihydropyridines is 1. The van der Waals surface area contributed by atoms with E-state index in [2.05, 4.69) is 35.5 Å². The van der Waals surface area contributed by atoms with Crippen LogP contribution in [-0.2, 0) is 4.74 Å². The summed E-state index contributed by atoms with van der Waals surface area (Å²) in [6.07, 6.45) is 4.51. The van der Waals surface area contributed by atoms with Gasteiger partial charge in [0.05, 0.1) is 24.5 Å². The standard InChI is InChI=1S/C26H40N4O4/c1-6-20(10-8-9-12-31)29-26-24(17(3)14-22(30-26)27-11-13-32-5)21-15-19-16-23(33-7-2)28-18(4)25(19)34-21/h15-16,20,22,27,31H,6-14H2,1-5H3,(H,29,30). The van der Waals surface area contributed by atoms with Crippen LogP contribution in [0.25, 0.3) is 16.5 Å². The van der Waals surface area contributed by atoms with Gasteiger partial charge in [-0.25, -0.2) is 9.98 Å². The van der Waals surface area contributed by atoms with E-state index in [1.165, 1.54) is 5.57 Å². The summed E-state index contributed by atoms with van der Waals surface area (Å²) in [7, 11) is 1.70. The highest BCUT2D eigenvalue weighted by Gasteiger charge is 2.27. The highest BCUT2D eigenvalue weighted by Crippen LogP contribution is 2.34. The van der Waals surface area contributed by atoms with Crippen LogP contribution in [0.15, 0.2) is 27.1 Å². The van der Waals surface area contributed by atoms with Crippen LogP contribution in [0.4, 0.5) is 0 Å². The number of aromatic nitrogens is 1. The molecule has 0 fully saturated rings. The molecule has 188 valence electrons. The van der Waals surface area contributed by atoms with Crippen molar-refractivity contribution in [2.45, 2.75) is 72.0 Å². The van der Waals surface area contributed by atoms with Gasteiger partial charge in [-0.15, -0.1) is 0 Å². The number of nitrogens with one attached hydrogen (secondary N) is 2. The Morgan fingerprint density at radius 1 is 1.24 bits per heavy atom. The first-order chi connectivity index (χ1) is 16.5. The zero-order valence-electron chi connectivity index (χ0n) is 21.2. The minimum absolute atomic E-state index is 0.0197. The van der Waals surface area contributed by atoms with Crippen molar-refractivity contribution in [1.29, 1.82) is 0 Å². The Morgan fingerprint density at radius 3 is 2.76 bits per heavy atom. The molecule has 0 saturated carbocycles. The Balaban J connectivity index is 1.94. The van der Waals surface area contributed by atoms with Crippen molar-refractivity contribution in [3.8, 4) is 5.88 Å². The molecule has 0 amide bonds. The van der Waals surface area contributed by atoms with Crippen molar-refractivity contribution in [1.82, 2.24) is 15.6 Å². The monoisotopic (exact) mass is 472 g/mol. The van der Waals surface area contributed by atoms with Gasteiger partial charge in [0.15, 0.2) is 5.58 Å². The molecule has 8 heteroatoms. The number of hydrogen-bond acceptors (Lipinski definition) is 8. The van der Waals surface area contributed by atoms with E-state index >= 15 is 0 Å². The fourth-order valence-corrected chi connectivity index (χ4v) is 4.34. The number of furan rings is 1. The summed E-state index contributed by atoms with van der Waals surface area (Å²) in [5, 5.41) is 17.3. The van der Waals surface area contributed by atoms with E-state index in [1.807, 2.05) is 19.9 Å². The average molecular weight is 473 g/mol. The average Bonchev–Trinajstić information content (AvgIpc) is 3.23. The van der Waals surface area contributed by atoms with E-state index in [1.54, 1.807) is 7.11 Å². The number of amidine groups is 1. The molecule has 0 saturated heterocycles. The molecular weight excluding hydrogens is 432 g/mol. The van der Waals surface area contributed by atoms with Gasteiger partial charge in [-0.05, 0) is 52.5 Å². The van der Waals surface area contributed by atoms with Gasteiger partial charge >= 0.3 is 0 Å². The van der Waals surface area contributed by atoms with Crippen LogP contribution in [0.5, 0.6) is 5.88 Å². The Morgan fingerprint density at radius 2 is 2.06 bits per heavy atom. The third kappa shape index (κ3) is 6.58. The van der Waals surface area contributed by atoms with Crippen LogP contribution in [0.2, 0.25) is 0 Å². The first-order valence-corrected chi connectivity index (χ1v) is 12.4. The lowest BCUT2D eigenvalue weighted by atomic mass is 9.97. The number of ether oxygens (including phenoxy) is 2. The third-order valence-electron chi connectivity index (χ3n) is 6.11. The summed E-state index contributed by atoms with van der Waals surface area (Å²) in [4.78, 5) is 9.57. The van der Waals surface area contributed by atoms with Gasteiger partial charge in [-0.3, -0.25) is 5.32 Å². The fourth-order valence-electron chi connectivity index (χ4n) is 4.34. The molecule has 1 aliphatic rings. The summed E-state index contributed by atoms with van der Waals surface area (Å²) >= 11 is 0. The topological polar surface area (TPSA) is 101 Å². The maximum Gasteiger partial charge on any atom is 0.214 e. The number of methoxy groups -OCH3 is 1. The highest BCUT2D eigenvalue weighted by molar-refractivity contribution is 6.24. The third-order valence-corrected chi connectivity index (χ3v) is 6.11. The molecule has 3 N–H and O–H groups in total. The van der Waals surface area contributed by atoms with E-state index < -0.39 is 0 Å². The van der Waals surface area contributed by atoms with Crippen LogP contribution in [0.3, 0.4) is 0 Å². The SMILES string of the molecule is CCOc1cc2cc(C3=C(C)CC(NCCOC)N=C3NC(CC)CCCCO)oc2c(C)n1. The number of aryl methyl sites for hydroxylation is 1. The molecule has 2 atom stereocenters. The van der Waals surface area contributed by atoms with Gasteiger partial charge in [0, 0.05) is 44.2 Å². The summed E-state index contributed by atoms with van der Waals surface area (Å²) < 4.78 is 17.2. The number of aliphatic imine (C=N–C) groups is 1. The minimum Gasteiger partial charge on any atom is -0.478 e. The number of hydrogen-bond donors (Lipinski definition) is 3. The van der Waals surface area contributed by atoms with Gasteiger partial charge in [0.1, 0.15) is 17.8 Å². The van der Waals surface area contributed by atoms with Gasteiger partial charge in [-0.2, -0.15) is 0 Å². The van der Waals surface area contributed by atoms with Gasteiger partial charge in [-0.1, -0.05) is 12.5 Å². The van der Waals surface area contributed by atoms with E-state index in [0.717, 1.165) is 72.5 Å². The molecule has 0 spiro atoms. The number of aliphatic hydroxyl groups is 1. The zero-order valence-corrected chi connectivity index (χ0v) is 21.2. The van der Waals surface area contributed by atoms with E-state index in [0.29, 0.717) is 19.1 Å². The first-order valence-electron chi connectivity index (χ1n) is 12.4. The summed E-state index contributed by atoms with van der Waals surface area (Å²) in [5.74, 6) is 2.25. The highest BCUT2D eigenvalue weighted by atomic mass is 16.5. The molecule has 2 aromatic rings. The normalized spacial score (nSPS) is 17.2. The number of fused-ring (bicyclic) bond motifs is 1. The van der Waals surface area contributed by atoms with Crippen LogP contribution in [0, 0.1) is 6.92 Å². The number of pyridine rings is 1. The molecule has 3 rings (SSSR count). The minimum atomic E-state index is -0.0197. The Labute approximate surface area is 202 Å². The van der Waals surface area contributed by atoms with Gasteiger partial charge in [0.25, 0.3) is 0 Å². The zero-order chi connectivity index (χ0) is 24.5. The molecule has 0 aliphatic carbocycles. The summed E-state index contributed by atoms with van der Waals surface area (Å²) in [6, 6.07) is 4.26. The second kappa shape index (κ2) is 12.9. The largest absolute Gasteiger partial charge is 0.478 e. The summed E-state index contributed by atoms with van der Waals surface area (Å²) in [6.45, 7) is 10.4. The van der Waals surface area contributed by atoms with Crippen molar-refractivity contribution in [3.05, 3.63) is 29.2 Å². The molecule has 2 unspecified atom stereocenters. The van der Waals surface area contributed by atoms with Crippen molar-refractivity contribution >= 4 is 22.4 Å². The van der Waals surface area contributed by atoms with Crippen molar-refractivity contribution in [2.75, 3.05) is 33.5 Å². The lowest BCUT2D eigenvalue weighted by Gasteiger charge is -2.28. The quantitative estimate of drug-likeness (QED) is 0.376. The smallest absolute Gasteiger partial charge is 0.214 e. The second-order valence-corrected chi connectivity index (χ2v) is 8.78. The predicted molar refractivity (Wildman–Crippen MR) is 136 cm³/mol. The molecule has 8 nitrogen and oxygen atoms in total. The fraction of sp³-hybridized carbons (Fsp3) is 0.615. The first kappa shape index (κ1) is 26.2. The van der Waals surface area contributed by atoms with Crippen molar-refractivity contribution < 1.29 is 19.0 Å². The summed E-state index contributed by atoms with van der Waals surface area (Å²) in [5.41, 5.74) is 3.81. The number of rotatable bonds is 13. The van der Waals surface area contributed by atoms with E-state index in [9.17, 15) is 5.11 Å². The number of aliphatic hydroxyl groups excluding tert-OH is 1. The molecule has 0 bridgehead atoms. The molecule has 0 aromatic carbocycles. The molecule has 1 aliphatic heterocycles.